The predicted molar refractivity (Wildman–Crippen MR) is 101 cm³/mol. The Morgan fingerprint density at radius 2 is 1.73 bits per heavy atom. The topological polar surface area (TPSA) is 41.6 Å². The Morgan fingerprint density at radius 1 is 1.23 bits per heavy atom. The number of halogens is 8. The molecule has 11 heteroatoms. The minimum atomic E-state index is -4.60. The van der Waals surface area contributed by atoms with Crippen molar-refractivity contribution in [3.05, 3.63) is 44.2 Å². The van der Waals surface area contributed by atoms with Gasteiger partial charge < -0.3 is 0 Å². The second-order valence-corrected chi connectivity index (χ2v) is 11.0. The fourth-order valence-corrected chi connectivity index (χ4v) is 5.02. The van der Waals surface area contributed by atoms with E-state index in [9.17, 15) is 18.4 Å². The van der Waals surface area contributed by atoms with Crippen molar-refractivity contribution in [2.45, 2.75) is 28.2 Å². The monoisotopic (exact) mass is 549 g/mol. The van der Waals surface area contributed by atoms with Crippen LogP contribution in [0.25, 0.3) is 5.69 Å². The van der Waals surface area contributed by atoms with Crippen molar-refractivity contribution in [2.24, 2.45) is 0 Å². The van der Waals surface area contributed by atoms with Crippen LogP contribution in [-0.2, 0) is 11.6 Å². The molecule has 138 valence electrons. The molecule has 1 aromatic heterocycles. The van der Waals surface area contributed by atoms with Crippen LogP contribution in [0.1, 0.15) is 30.2 Å². The third-order valence-corrected chi connectivity index (χ3v) is 7.51. The van der Waals surface area contributed by atoms with E-state index in [2.05, 4.69) is 37.0 Å². The summed E-state index contributed by atoms with van der Waals surface area (Å²) in [6.07, 6.45) is -3.97. The quantitative estimate of drug-likeness (QED) is 0.382. The van der Waals surface area contributed by atoms with Crippen molar-refractivity contribution < 1.29 is 13.2 Å². The first-order valence-corrected chi connectivity index (χ1v) is 9.69. The van der Waals surface area contributed by atoms with Gasteiger partial charge in [0, 0.05) is 5.41 Å². The molecule has 0 aliphatic heterocycles. The fourth-order valence-electron chi connectivity index (χ4n) is 2.62. The van der Waals surface area contributed by atoms with Crippen LogP contribution in [0.15, 0.2) is 12.1 Å². The minimum Gasteiger partial charge on any atom is -0.217 e. The molecule has 0 N–H and O–H groups in total. The van der Waals surface area contributed by atoms with Crippen LogP contribution in [0, 0.1) is 11.3 Å². The number of alkyl halides is 5. The normalized spacial score (nSPS) is 21.5. The van der Waals surface area contributed by atoms with Gasteiger partial charge in [0.15, 0.2) is 5.15 Å². The molecule has 1 fully saturated rings. The summed E-state index contributed by atoms with van der Waals surface area (Å²) in [7, 11) is 0. The third kappa shape index (κ3) is 3.06. The molecule has 0 saturated heterocycles. The van der Waals surface area contributed by atoms with Crippen LogP contribution in [-0.4, -0.2) is 13.0 Å². The van der Waals surface area contributed by atoms with Gasteiger partial charge in [-0.05, 0) is 18.6 Å². The molecule has 1 unspecified atom stereocenters. The van der Waals surface area contributed by atoms with Gasteiger partial charge in [0.1, 0.15) is 17.3 Å². The zero-order chi connectivity index (χ0) is 19.7. The van der Waals surface area contributed by atoms with Gasteiger partial charge >= 0.3 is 6.18 Å². The van der Waals surface area contributed by atoms with Crippen LogP contribution in [0.3, 0.4) is 0 Å². The molecular weight excluding hydrogens is 545 g/mol. The van der Waals surface area contributed by atoms with E-state index < -0.39 is 20.4 Å². The highest BCUT2D eigenvalue weighted by molar-refractivity contribution is 9.25. The molecule has 0 bridgehead atoms. The lowest BCUT2D eigenvalue weighted by molar-refractivity contribution is -0.137. The summed E-state index contributed by atoms with van der Waals surface area (Å²) >= 11 is 25.3. The lowest BCUT2D eigenvalue weighted by Gasteiger charge is -2.13. The number of aromatic nitrogens is 2. The van der Waals surface area contributed by atoms with Gasteiger partial charge in [-0.3, -0.25) is 0 Å². The SMILES string of the molecule is CC1(c2nn(-c3c(Cl)cc(C(F)(F)F)cc3Cl)c(Cl)c2C#N)CC1(Br)Br. The number of hydrogen-bond acceptors (Lipinski definition) is 2. The number of rotatable bonds is 2. The summed E-state index contributed by atoms with van der Waals surface area (Å²) < 4.78 is 39.4. The van der Waals surface area contributed by atoms with Crippen molar-refractivity contribution >= 4 is 66.7 Å². The van der Waals surface area contributed by atoms with E-state index in [1.807, 2.05) is 13.0 Å². The van der Waals surface area contributed by atoms with Crippen molar-refractivity contribution in [2.75, 3.05) is 0 Å². The third-order valence-electron chi connectivity index (χ3n) is 4.28. The maximum Gasteiger partial charge on any atom is 0.416 e. The zero-order valence-corrected chi connectivity index (χ0v) is 18.2. The van der Waals surface area contributed by atoms with Gasteiger partial charge in [-0.2, -0.15) is 23.5 Å². The summed E-state index contributed by atoms with van der Waals surface area (Å²) in [5.74, 6) is 0. The molecule has 0 amide bonds. The first-order chi connectivity index (χ1) is 11.8. The standard InChI is InChI=1S/C15H7Br2Cl3F3N3/c1-13(5-14(13,16)17)11-7(4-24)12(20)26(25-11)10-8(18)2-6(3-9(10)19)15(21,22)23/h2-3H,5H2,1H3. The molecular formula is C15H7Br2Cl3F3N3. The molecule has 3 rings (SSSR count). The smallest absolute Gasteiger partial charge is 0.217 e. The molecule has 26 heavy (non-hydrogen) atoms. The van der Waals surface area contributed by atoms with E-state index >= 15 is 0 Å². The van der Waals surface area contributed by atoms with Gasteiger partial charge in [-0.1, -0.05) is 73.6 Å². The summed E-state index contributed by atoms with van der Waals surface area (Å²) in [4.78, 5) is 0. The summed E-state index contributed by atoms with van der Waals surface area (Å²) in [5, 5.41) is 13.2. The van der Waals surface area contributed by atoms with E-state index in [0.29, 0.717) is 12.1 Å². The Morgan fingerprint density at radius 3 is 2.12 bits per heavy atom. The van der Waals surface area contributed by atoms with E-state index in [1.165, 1.54) is 0 Å². The molecule has 1 aromatic carbocycles. The first-order valence-electron chi connectivity index (χ1n) is 6.97. The van der Waals surface area contributed by atoms with Gasteiger partial charge in [0.25, 0.3) is 0 Å². The molecule has 1 aliphatic rings. The molecule has 2 aromatic rings. The lowest BCUT2D eigenvalue weighted by Crippen LogP contribution is -2.12. The number of hydrogen-bond donors (Lipinski definition) is 0. The van der Waals surface area contributed by atoms with Crippen molar-refractivity contribution in [3.8, 4) is 11.8 Å². The highest BCUT2D eigenvalue weighted by Gasteiger charge is 2.65. The van der Waals surface area contributed by atoms with Crippen LogP contribution >= 0.6 is 66.7 Å². The molecule has 1 atom stereocenters. The van der Waals surface area contributed by atoms with E-state index in [0.717, 1.165) is 16.8 Å². The maximum atomic E-state index is 12.9. The fraction of sp³-hybridized carbons (Fsp3) is 0.333. The van der Waals surface area contributed by atoms with Crippen LogP contribution in [0.2, 0.25) is 15.2 Å². The minimum absolute atomic E-state index is 0.0203. The highest BCUT2D eigenvalue weighted by atomic mass is 79.9. The van der Waals surface area contributed by atoms with Crippen LogP contribution in [0.5, 0.6) is 0 Å². The predicted octanol–water partition coefficient (Wildman–Crippen LogP) is 6.87. The van der Waals surface area contributed by atoms with Crippen LogP contribution < -0.4 is 0 Å². The second-order valence-electron chi connectivity index (χ2n) is 6.04. The molecule has 1 saturated carbocycles. The molecule has 1 heterocycles. The Kier molecular flexibility index (Phi) is 4.90. The van der Waals surface area contributed by atoms with Crippen molar-refractivity contribution in [1.82, 2.24) is 9.78 Å². The lowest BCUT2D eigenvalue weighted by atomic mass is 10.0. The molecule has 0 radical (unpaired) electrons. The summed E-state index contributed by atoms with van der Waals surface area (Å²) in [5.41, 5.74) is -1.03. The van der Waals surface area contributed by atoms with E-state index in [4.69, 9.17) is 34.8 Å². The van der Waals surface area contributed by atoms with E-state index in [1.54, 1.807) is 0 Å². The number of nitriles is 1. The van der Waals surface area contributed by atoms with Gasteiger partial charge in [-0.15, -0.1) is 0 Å². The Hall–Kier alpha value is -0.460. The second kappa shape index (κ2) is 6.28. The van der Waals surface area contributed by atoms with E-state index in [-0.39, 0.29) is 26.4 Å². The summed E-state index contributed by atoms with van der Waals surface area (Å²) in [6.45, 7) is 1.87. The number of nitrogens with zero attached hydrogens (tertiary/aromatic N) is 3. The zero-order valence-electron chi connectivity index (χ0n) is 12.7. The highest BCUT2D eigenvalue weighted by Crippen LogP contribution is 2.67. The Labute approximate surface area is 178 Å². The van der Waals surface area contributed by atoms with Gasteiger partial charge in [-0.25, -0.2) is 4.68 Å². The first kappa shape index (κ1) is 20.3. The average Bonchev–Trinajstić information content (AvgIpc) is 2.84. The number of benzene rings is 1. The summed E-state index contributed by atoms with van der Waals surface area (Å²) in [6, 6.07) is 3.47. The molecule has 1 aliphatic carbocycles. The van der Waals surface area contributed by atoms with Gasteiger partial charge in [0.05, 0.1) is 24.5 Å². The Balaban J connectivity index is 2.21. The largest absolute Gasteiger partial charge is 0.416 e. The molecule has 3 nitrogen and oxygen atoms in total. The van der Waals surface area contributed by atoms with Crippen LogP contribution in [0.4, 0.5) is 13.2 Å². The van der Waals surface area contributed by atoms with Crippen molar-refractivity contribution in [3.63, 3.8) is 0 Å². The van der Waals surface area contributed by atoms with Crippen molar-refractivity contribution in [1.29, 1.82) is 5.26 Å². The van der Waals surface area contributed by atoms with Gasteiger partial charge in [0.2, 0.25) is 0 Å². The Bertz CT molecular complexity index is 943. The average molecular weight is 552 g/mol. The molecule has 0 spiro atoms. The maximum absolute atomic E-state index is 12.9.